The van der Waals surface area contributed by atoms with Crippen LogP contribution in [0.3, 0.4) is 0 Å². The molecule has 2 amide bonds. The van der Waals surface area contributed by atoms with Crippen LogP contribution >= 0.6 is 11.8 Å². The molecule has 2 unspecified atom stereocenters. The quantitative estimate of drug-likeness (QED) is 0.818. The second kappa shape index (κ2) is 5.71. The van der Waals surface area contributed by atoms with Crippen molar-refractivity contribution in [3.8, 4) is 0 Å². The summed E-state index contributed by atoms with van der Waals surface area (Å²) in [6, 6.07) is -0.844. The lowest BCUT2D eigenvalue weighted by Gasteiger charge is -2.42. The lowest BCUT2D eigenvalue weighted by molar-refractivity contribution is -0.141. The minimum Gasteiger partial charge on any atom is -0.480 e. The summed E-state index contributed by atoms with van der Waals surface area (Å²) in [5.41, 5.74) is 0.260. The Morgan fingerprint density at radius 1 is 1.38 bits per heavy atom. The molecule has 2 saturated carbocycles. The Morgan fingerprint density at radius 3 is 2.57 bits per heavy atom. The third kappa shape index (κ3) is 2.87. The number of nitrogens with zero attached hydrogens (tertiary/aromatic N) is 1. The van der Waals surface area contributed by atoms with Gasteiger partial charge in [0, 0.05) is 12.3 Å². The smallest absolute Gasteiger partial charge is 0.327 e. The first-order valence-corrected chi connectivity index (χ1v) is 9.02. The highest BCUT2D eigenvalue weighted by Gasteiger charge is 2.48. The first kappa shape index (κ1) is 15.0. The summed E-state index contributed by atoms with van der Waals surface area (Å²) in [4.78, 5) is 25.5. The third-order valence-corrected chi connectivity index (χ3v) is 6.82. The van der Waals surface area contributed by atoms with E-state index in [2.05, 4.69) is 12.2 Å². The Kier molecular flexibility index (Phi) is 4.08. The van der Waals surface area contributed by atoms with E-state index in [9.17, 15) is 14.7 Å². The van der Waals surface area contributed by atoms with Crippen LogP contribution in [0.4, 0.5) is 4.79 Å². The summed E-state index contributed by atoms with van der Waals surface area (Å²) in [6.45, 7) is 2.86. The Labute approximate surface area is 129 Å². The van der Waals surface area contributed by atoms with Crippen molar-refractivity contribution in [3.63, 3.8) is 0 Å². The molecule has 5 nitrogen and oxygen atoms in total. The van der Waals surface area contributed by atoms with Gasteiger partial charge in [-0.3, -0.25) is 4.90 Å². The van der Waals surface area contributed by atoms with Crippen molar-refractivity contribution in [1.82, 2.24) is 10.2 Å². The highest BCUT2D eigenvalue weighted by Crippen LogP contribution is 2.46. The second-order valence-electron chi connectivity index (χ2n) is 6.69. The van der Waals surface area contributed by atoms with Gasteiger partial charge < -0.3 is 10.4 Å². The van der Waals surface area contributed by atoms with Crippen molar-refractivity contribution < 1.29 is 14.7 Å². The Bertz CT molecular complexity index is 429. The molecule has 21 heavy (non-hydrogen) atoms. The standard InChI is InChI=1S/C15H24N2O3S/c1-2-15(6-3-7-15)9-16-14(20)17-11(13(18)19)8-21-12(17)10-4-5-10/h10-12H,2-9H2,1H3,(H,16,20)(H,18,19). The molecule has 2 N–H and O–H groups in total. The maximum atomic E-state index is 12.5. The van der Waals surface area contributed by atoms with Crippen molar-refractivity contribution in [2.24, 2.45) is 11.3 Å². The molecule has 0 radical (unpaired) electrons. The predicted octanol–water partition coefficient (Wildman–Crippen LogP) is 2.51. The Hall–Kier alpha value is -0.910. The Morgan fingerprint density at radius 2 is 2.10 bits per heavy atom. The number of rotatable bonds is 5. The average molecular weight is 312 g/mol. The molecule has 0 bridgehead atoms. The molecule has 0 aromatic rings. The fourth-order valence-corrected chi connectivity index (χ4v) is 5.04. The lowest BCUT2D eigenvalue weighted by atomic mass is 9.67. The molecule has 0 aromatic carbocycles. The molecule has 3 aliphatic rings. The van der Waals surface area contributed by atoms with Gasteiger partial charge in [0.25, 0.3) is 0 Å². The third-order valence-electron chi connectivity index (χ3n) is 5.36. The van der Waals surface area contributed by atoms with Gasteiger partial charge in [0.15, 0.2) is 0 Å². The van der Waals surface area contributed by atoms with E-state index in [1.165, 1.54) is 19.3 Å². The molecule has 1 heterocycles. The van der Waals surface area contributed by atoms with Gasteiger partial charge >= 0.3 is 12.0 Å². The van der Waals surface area contributed by atoms with Crippen LogP contribution in [0.1, 0.15) is 45.4 Å². The summed E-state index contributed by atoms with van der Waals surface area (Å²) in [5, 5.41) is 12.4. The first-order valence-electron chi connectivity index (χ1n) is 7.97. The summed E-state index contributed by atoms with van der Waals surface area (Å²) < 4.78 is 0. The molecule has 1 aliphatic heterocycles. The van der Waals surface area contributed by atoms with Crippen LogP contribution in [-0.4, -0.2) is 45.7 Å². The molecule has 2 atom stereocenters. The molecule has 6 heteroatoms. The van der Waals surface area contributed by atoms with Gasteiger partial charge in [-0.15, -0.1) is 11.8 Å². The average Bonchev–Trinajstić information content (AvgIpc) is 3.16. The van der Waals surface area contributed by atoms with Crippen molar-refractivity contribution in [2.75, 3.05) is 12.3 Å². The second-order valence-corrected chi connectivity index (χ2v) is 7.84. The zero-order valence-electron chi connectivity index (χ0n) is 12.5. The van der Waals surface area contributed by atoms with Crippen LogP contribution in [0.2, 0.25) is 0 Å². The first-order chi connectivity index (χ1) is 10.1. The number of carbonyl (C=O) groups is 2. The van der Waals surface area contributed by atoms with Crippen molar-refractivity contribution in [2.45, 2.75) is 56.9 Å². The molecule has 3 fully saturated rings. The number of carbonyl (C=O) groups excluding carboxylic acids is 1. The zero-order valence-corrected chi connectivity index (χ0v) is 13.3. The number of amides is 2. The number of hydrogen-bond acceptors (Lipinski definition) is 3. The summed E-state index contributed by atoms with van der Waals surface area (Å²) in [5.74, 6) is 0.131. The molecule has 0 aromatic heterocycles. The number of nitrogens with one attached hydrogen (secondary N) is 1. The van der Waals surface area contributed by atoms with Crippen LogP contribution in [0.5, 0.6) is 0 Å². The van der Waals surface area contributed by atoms with E-state index in [1.807, 2.05) is 0 Å². The van der Waals surface area contributed by atoms with Crippen LogP contribution in [0.25, 0.3) is 0 Å². The number of urea groups is 1. The van der Waals surface area contributed by atoms with Gasteiger partial charge in [0.2, 0.25) is 0 Å². The molecular formula is C15H24N2O3S. The normalized spacial score (nSPS) is 30.8. The molecule has 118 valence electrons. The lowest BCUT2D eigenvalue weighted by Crippen LogP contribution is -2.53. The number of aliphatic carboxylic acids is 1. The topological polar surface area (TPSA) is 69.6 Å². The summed E-state index contributed by atoms with van der Waals surface area (Å²) in [6.07, 6.45) is 6.90. The van der Waals surface area contributed by atoms with E-state index in [4.69, 9.17) is 0 Å². The van der Waals surface area contributed by atoms with E-state index in [1.54, 1.807) is 16.7 Å². The van der Waals surface area contributed by atoms with Gasteiger partial charge in [-0.25, -0.2) is 9.59 Å². The minimum atomic E-state index is -0.880. The fraction of sp³-hybridized carbons (Fsp3) is 0.867. The van der Waals surface area contributed by atoms with Crippen molar-refractivity contribution in [1.29, 1.82) is 0 Å². The van der Waals surface area contributed by atoms with E-state index >= 15 is 0 Å². The summed E-state index contributed by atoms with van der Waals surface area (Å²) in [7, 11) is 0. The molecule has 2 aliphatic carbocycles. The van der Waals surface area contributed by atoms with Gasteiger partial charge in [-0.1, -0.05) is 13.3 Å². The number of thioether (sulfide) groups is 1. The summed E-state index contributed by atoms with van der Waals surface area (Å²) >= 11 is 1.63. The van der Waals surface area contributed by atoms with Gasteiger partial charge in [0.05, 0.1) is 5.37 Å². The highest BCUT2D eigenvalue weighted by molar-refractivity contribution is 8.00. The SMILES string of the molecule is CCC1(CNC(=O)N2C(C(=O)O)CSC2C2CC2)CCC1. The maximum Gasteiger partial charge on any atom is 0.327 e. The van der Waals surface area contributed by atoms with E-state index < -0.39 is 12.0 Å². The predicted molar refractivity (Wildman–Crippen MR) is 82.2 cm³/mol. The molecule has 1 saturated heterocycles. The van der Waals surface area contributed by atoms with E-state index in [0.717, 1.165) is 19.3 Å². The zero-order chi connectivity index (χ0) is 15.0. The molecular weight excluding hydrogens is 288 g/mol. The van der Waals surface area contributed by atoms with E-state index in [0.29, 0.717) is 18.2 Å². The maximum absolute atomic E-state index is 12.5. The van der Waals surface area contributed by atoms with Gasteiger partial charge in [-0.05, 0) is 43.4 Å². The van der Waals surface area contributed by atoms with Crippen molar-refractivity contribution in [3.05, 3.63) is 0 Å². The molecule has 0 spiro atoms. The van der Waals surface area contributed by atoms with Crippen LogP contribution in [0.15, 0.2) is 0 Å². The van der Waals surface area contributed by atoms with E-state index in [-0.39, 0.29) is 16.8 Å². The molecule has 3 rings (SSSR count). The highest BCUT2D eigenvalue weighted by atomic mass is 32.2. The minimum absolute atomic E-state index is 0.0602. The van der Waals surface area contributed by atoms with Crippen LogP contribution in [0, 0.1) is 11.3 Å². The van der Waals surface area contributed by atoms with Crippen LogP contribution < -0.4 is 5.32 Å². The monoisotopic (exact) mass is 312 g/mol. The fourth-order valence-electron chi connectivity index (χ4n) is 3.41. The number of carboxylic acid groups (broad SMARTS) is 1. The van der Waals surface area contributed by atoms with Crippen molar-refractivity contribution >= 4 is 23.8 Å². The number of hydrogen-bond donors (Lipinski definition) is 2. The Balaban J connectivity index is 1.63. The number of carboxylic acids is 1. The van der Waals surface area contributed by atoms with Gasteiger partial charge in [0.1, 0.15) is 6.04 Å². The largest absolute Gasteiger partial charge is 0.480 e. The van der Waals surface area contributed by atoms with Crippen LogP contribution in [-0.2, 0) is 4.79 Å². The van der Waals surface area contributed by atoms with Gasteiger partial charge in [-0.2, -0.15) is 0 Å².